The van der Waals surface area contributed by atoms with Crippen molar-refractivity contribution in [1.29, 1.82) is 0 Å². The van der Waals surface area contributed by atoms with Crippen molar-refractivity contribution in [3.8, 4) is 11.5 Å². The van der Waals surface area contributed by atoms with Crippen LogP contribution in [0.15, 0.2) is 24.3 Å². The summed E-state index contributed by atoms with van der Waals surface area (Å²) in [6.45, 7) is 1.91. The number of benzene rings is 2. The van der Waals surface area contributed by atoms with Gasteiger partial charge in [-0.1, -0.05) is 19.4 Å². The minimum absolute atomic E-state index is 0.0819. The molecule has 0 aliphatic carbocycles. The summed E-state index contributed by atoms with van der Waals surface area (Å²) in [4.78, 5) is 0. The van der Waals surface area contributed by atoms with E-state index in [0.717, 1.165) is 12.5 Å². The zero-order valence-corrected chi connectivity index (χ0v) is 11.9. The van der Waals surface area contributed by atoms with Crippen molar-refractivity contribution in [1.82, 2.24) is 0 Å². The Kier molecular flexibility index (Phi) is 4.75. The molecule has 5 heteroatoms. The molecule has 2 aromatic rings. The molecule has 0 aromatic heterocycles. The Labute approximate surface area is 126 Å². The lowest BCUT2D eigenvalue weighted by molar-refractivity contribution is 0.437. The van der Waals surface area contributed by atoms with Crippen molar-refractivity contribution < 1.29 is 23.4 Å². The third-order valence-corrected chi connectivity index (χ3v) is 3.21. The average Bonchev–Trinajstić information content (AvgIpc) is 2.41. The van der Waals surface area contributed by atoms with Gasteiger partial charge in [-0.15, -0.1) is 0 Å². The summed E-state index contributed by atoms with van der Waals surface area (Å²) >= 11 is 0. The second-order valence-corrected chi connectivity index (χ2v) is 4.90. The monoisotopic (exact) mass is 308 g/mol. The second-order valence-electron chi connectivity index (χ2n) is 4.90. The van der Waals surface area contributed by atoms with Gasteiger partial charge in [0.05, 0.1) is 0 Å². The molecule has 2 nitrogen and oxygen atoms in total. The van der Waals surface area contributed by atoms with E-state index in [-0.39, 0.29) is 11.5 Å². The number of hydrogen-bond donors (Lipinski definition) is 2. The molecule has 0 spiro atoms. The number of phenolic OH excluding ortho intramolecular Hbond substituents is 2. The van der Waals surface area contributed by atoms with E-state index in [1.54, 1.807) is 0 Å². The van der Waals surface area contributed by atoms with Gasteiger partial charge in [0, 0.05) is 23.3 Å². The van der Waals surface area contributed by atoms with Gasteiger partial charge in [0.25, 0.3) is 0 Å². The number of phenols is 2. The van der Waals surface area contributed by atoms with Gasteiger partial charge in [-0.2, -0.15) is 0 Å². The summed E-state index contributed by atoms with van der Waals surface area (Å²) in [7, 11) is 0. The van der Waals surface area contributed by atoms with Gasteiger partial charge in [0.1, 0.15) is 29.0 Å². The lowest BCUT2D eigenvalue weighted by Crippen LogP contribution is -1.91. The second kappa shape index (κ2) is 6.56. The fourth-order valence-corrected chi connectivity index (χ4v) is 2.16. The molecule has 0 amide bonds. The summed E-state index contributed by atoms with van der Waals surface area (Å²) in [6, 6.07) is 3.95. The summed E-state index contributed by atoms with van der Waals surface area (Å²) < 4.78 is 39.8. The number of hydrogen-bond acceptors (Lipinski definition) is 2. The SMILES string of the molecule is CCCc1c(O)cc(C=Cc2c(F)cc(F)cc2F)cc1O. The van der Waals surface area contributed by atoms with E-state index in [2.05, 4.69) is 0 Å². The molecule has 0 atom stereocenters. The Hall–Kier alpha value is -2.43. The van der Waals surface area contributed by atoms with Crippen molar-refractivity contribution in [2.75, 3.05) is 0 Å². The first-order valence-electron chi connectivity index (χ1n) is 6.79. The highest BCUT2D eigenvalue weighted by atomic mass is 19.1. The van der Waals surface area contributed by atoms with Crippen LogP contribution >= 0.6 is 0 Å². The molecule has 2 aromatic carbocycles. The zero-order valence-electron chi connectivity index (χ0n) is 11.9. The molecule has 0 saturated carbocycles. The average molecular weight is 308 g/mol. The van der Waals surface area contributed by atoms with Crippen LogP contribution in [0.4, 0.5) is 13.2 Å². The third kappa shape index (κ3) is 3.42. The molecular formula is C17H15F3O2. The fraction of sp³-hybridized carbons (Fsp3) is 0.176. The van der Waals surface area contributed by atoms with Crippen LogP contribution in [0.5, 0.6) is 11.5 Å². The van der Waals surface area contributed by atoms with Crippen LogP contribution in [-0.4, -0.2) is 10.2 Å². The molecule has 0 saturated heterocycles. The van der Waals surface area contributed by atoms with Crippen molar-refractivity contribution in [3.05, 3.63) is 58.4 Å². The van der Waals surface area contributed by atoms with Crippen molar-refractivity contribution >= 4 is 12.2 Å². The number of aromatic hydroxyl groups is 2. The van der Waals surface area contributed by atoms with E-state index < -0.39 is 23.0 Å². The van der Waals surface area contributed by atoms with Crippen LogP contribution in [0.25, 0.3) is 12.2 Å². The maximum absolute atomic E-state index is 13.5. The van der Waals surface area contributed by atoms with Crippen LogP contribution in [0, 0.1) is 17.5 Å². The maximum Gasteiger partial charge on any atom is 0.136 e. The van der Waals surface area contributed by atoms with Crippen LogP contribution in [-0.2, 0) is 6.42 Å². The number of halogens is 3. The van der Waals surface area contributed by atoms with Crippen molar-refractivity contribution in [2.24, 2.45) is 0 Å². The fourth-order valence-electron chi connectivity index (χ4n) is 2.16. The van der Waals surface area contributed by atoms with Crippen LogP contribution in [0.3, 0.4) is 0 Å². The molecule has 22 heavy (non-hydrogen) atoms. The summed E-state index contributed by atoms with van der Waals surface area (Å²) in [5, 5.41) is 19.7. The molecular weight excluding hydrogens is 293 g/mol. The Morgan fingerprint density at radius 3 is 1.95 bits per heavy atom. The Balaban J connectivity index is 2.35. The van der Waals surface area contributed by atoms with Gasteiger partial charge in [0.2, 0.25) is 0 Å². The topological polar surface area (TPSA) is 40.5 Å². The first kappa shape index (κ1) is 15.9. The van der Waals surface area contributed by atoms with Gasteiger partial charge < -0.3 is 10.2 Å². The Morgan fingerprint density at radius 2 is 1.45 bits per heavy atom. The standard InChI is InChI=1S/C17H15F3O2/c1-2-3-13-16(21)6-10(7-17(13)22)4-5-12-14(19)8-11(18)9-15(12)20/h4-9,21-22H,2-3H2,1H3. The zero-order chi connectivity index (χ0) is 16.3. The minimum atomic E-state index is -1.02. The van der Waals surface area contributed by atoms with E-state index >= 15 is 0 Å². The lowest BCUT2D eigenvalue weighted by atomic mass is 10.0. The molecule has 0 fully saturated rings. The van der Waals surface area contributed by atoms with Crippen LogP contribution in [0.1, 0.15) is 30.0 Å². The van der Waals surface area contributed by atoms with E-state index in [4.69, 9.17) is 0 Å². The van der Waals surface area contributed by atoms with Gasteiger partial charge in [-0.05, 0) is 30.2 Å². The van der Waals surface area contributed by atoms with Gasteiger partial charge in [0.15, 0.2) is 0 Å². The van der Waals surface area contributed by atoms with E-state index in [1.165, 1.54) is 18.2 Å². The van der Waals surface area contributed by atoms with E-state index in [9.17, 15) is 23.4 Å². The van der Waals surface area contributed by atoms with Crippen molar-refractivity contribution in [2.45, 2.75) is 19.8 Å². The van der Waals surface area contributed by atoms with Gasteiger partial charge >= 0.3 is 0 Å². The normalized spacial score (nSPS) is 11.3. The molecule has 0 heterocycles. The molecule has 0 radical (unpaired) electrons. The molecule has 2 N–H and O–H groups in total. The molecule has 116 valence electrons. The van der Waals surface area contributed by atoms with Crippen LogP contribution in [0.2, 0.25) is 0 Å². The Morgan fingerprint density at radius 1 is 0.909 bits per heavy atom. The largest absolute Gasteiger partial charge is 0.508 e. The number of rotatable bonds is 4. The van der Waals surface area contributed by atoms with E-state index in [0.29, 0.717) is 29.7 Å². The molecule has 0 unspecified atom stereocenters. The Bertz CT molecular complexity index is 678. The first-order valence-corrected chi connectivity index (χ1v) is 6.79. The molecule has 2 rings (SSSR count). The van der Waals surface area contributed by atoms with Gasteiger partial charge in [-0.25, -0.2) is 13.2 Å². The predicted molar refractivity (Wildman–Crippen MR) is 79.0 cm³/mol. The summed E-state index contributed by atoms with van der Waals surface area (Å²) in [5.41, 5.74) is 0.412. The highest BCUT2D eigenvalue weighted by Gasteiger charge is 2.10. The van der Waals surface area contributed by atoms with E-state index in [1.807, 2.05) is 6.92 Å². The lowest BCUT2D eigenvalue weighted by Gasteiger charge is -2.07. The maximum atomic E-state index is 13.5. The third-order valence-electron chi connectivity index (χ3n) is 3.21. The molecule has 0 aliphatic heterocycles. The highest BCUT2D eigenvalue weighted by Crippen LogP contribution is 2.31. The molecule has 0 aliphatic rings. The highest BCUT2D eigenvalue weighted by molar-refractivity contribution is 5.72. The minimum Gasteiger partial charge on any atom is -0.508 e. The van der Waals surface area contributed by atoms with Gasteiger partial charge in [-0.3, -0.25) is 0 Å². The van der Waals surface area contributed by atoms with Crippen LogP contribution < -0.4 is 0 Å². The molecule has 0 bridgehead atoms. The smallest absolute Gasteiger partial charge is 0.136 e. The summed E-state index contributed by atoms with van der Waals surface area (Å²) in [6.07, 6.45) is 3.72. The predicted octanol–water partition coefficient (Wildman–Crippen LogP) is 4.64. The van der Waals surface area contributed by atoms with Crippen molar-refractivity contribution in [3.63, 3.8) is 0 Å². The summed E-state index contributed by atoms with van der Waals surface area (Å²) in [5.74, 6) is -3.20. The first-order chi connectivity index (χ1) is 10.4. The quantitative estimate of drug-likeness (QED) is 0.808.